The SMILES string of the molecule is CCOC(=O)COc1ccc2nc(CC)cc(OCc3ccc(-c4ccccc4-c4nnn(C(c5ccccc5)(c5ccccc5)c5ccccc5)n4)cc3)c2n1. The first kappa shape index (κ1) is 36.8. The first-order valence-electron chi connectivity index (χ1n) is 18.9. The third-order valence-corrected chi connectivity index (χ3v) is 9.76. The number of carbonyl (C=O) groups excluding carboxylic acids is 1. The van der Waals surface area contributed by atoms with E-state index in [1.807, 2.05) is 104 Å². The van der Waals surface area contributed by atoms with E-state index < -0.39 is 11.5 Å². The molecule has 0 spiro atoms. The molecular formula is C47H40N6O4. The van der Waals surface area contributed by atoms with Crippen molar-refractivity contribution in [1.82, 2.24) is 30.2 Å². The fraction of sp³-hybridized carbons (Fsp3) is 0.149. The van der Waals surface area contributed by atoms with Gasteiger partial charge in [0, 0.05) is 23.4 Å². The number of carbonyl (C=O) groups is 1. The van der Waals surface area contributed by atoms with Crippen molar-refractivity contribution < 1.29 is 19.0 Å². The highest BCUT2D eigenvalue weighted by Gasteiger charge is 2.41. The van der Waals surface area contributed by atoms with Gasteiger partial charge in [-0.1, -0.05) is 146 Å². The summed E-state index contributed by atoms with van der Waals surface area (Å²) in [5.41, 5.74) is 8.08. The van der Waals surface area contributed by atoms with Gasteiger partial charge in [0.15, 0.2) is 12.1 Å². The number of pyridine rings is 2. The third kappa shape index (κ3) is 7.57. The molecule has 0 saturated heterocycles. The highest BCUT2D eigenvalue weighted by molar-refractivity contribution is 5.82. The van der Waals surface area contributed by atoms with E-state index in [0.29, 0.717) is 29.2 Å². The average Bonchev–Trinajstić information content (AvgIpc) is 3.77. The molecule has 8 aromatic rings. The lowest BCUT2D eigenvalue weighted by atomic mass is 9.77. The van der Waals surface area contributed by atoms with Crippen LogP contribution >= 0.6 is 0 Å². The molecule has 0 unspecified atom stereocenters. The zero-order valence-corrected chi connectivity index (χ0v) is 31.7. The second-order valence-electron chi connectivity index (χ2n) is 13.3. The van der Waals surface area contributed by atoms with E-state index in [-0.39, 0.29) is 19.1 Å². The molecular weight excluding hydrogens is 713 g/mol. The summed E-state index contributed by atoms with van der Waals surface area (Å²) < 4.78 is 16.9. The minimum absolute atomic E-state index is 0.233. The molecule has 0 aliphatic carbocycles. The maximum absolute atomic E-state index is 11.9. The topological polar surface area (TPSA) is 114 Å². The van der Waals surface area contributed by atoms with Crippen LogP contribution in [0.25, 0.3) is 33.5 Å². The molecule has 0 saturated carbocycles. The van der Waals surface area contributed by atoms with E-state index in [1.165, 1.54) is 0 Å². The molecule has 282 valence electrons. The second kappa shape index (κ2) is 16.7. The number of benzene rings is 5. The molecule has 8 rings (SSSR count). The van der Waals surface area contributed by atoms with Crippen LogP contribution in [0.1, 0.15) is 41.8 Å². The highest BCUT2D eigenvalue weighted by Crippen LogP contribution is 2.40. The first-order valence-corrected chi connectivity index (χ1v) is 18.9. The monoisotopic (exact) mass is 752 g/mol. The smallest absolute Gasteiger partial charge is 0.344 e. The average molecular weight is 753 g/mol. The Kier molecular flexibility index (Phi) is 10.7. The molecule has 3 heterocycles. The van der Waals surface area contributed by atoms with Crippen LogP contribution in [0, 0.1) is 0 Å². The maximum atomic E-state index is 11.9. The van der Waals surface area contributed by atoms with Crippen molar-refractivity contribution in [3.05, 3.63) is 186 Å². The van der Waals surface area contributed by atoms with E-state index in [4.69, 9.17) is 34.6 Å². The Bertz CT molecular complexity index is 2500. The van der Waals surface area contributed by atoms with Gasteiger partial charge in [-0.05, 0) is 58.0 Å². The second-order valence-corrected chi connectivity index (χ2v) is 13.3. The molecule has 3 aromatic heterocycles. The summed E-state index contributed by atoms with van der Waals surface area (Å²) >= 11 is 0. The van der Waals surface area contributed by atoms with Crippen LogP contribution in [0.5, 0.6) is 11.6 Å². The fourth-order valence-electron chi connectivity index (χ4n) is 7.04. The lowest BCUT2D eigenvalue weighted by Gasteiger charge is -2.34. The van der Waals surface area contributed by atoms with Crippen LogP contribution in [0.15, 0.2) is 158 Å². The highest BCUT2D eigenvalue weighted by atomic mass is 16.6. The Balaban J connectivity index is 1.09. The Morgan fingerprint density at radius 2 is 1.28 bits per heavy atom. The first-order chi connectivity index (χ1) is 28.1. The summed E-state index contributed by atoms with van der Waals surface area (Å²) in [5, 5.41) is 14.6. The van der Waals surface area contributed by atoms with Crippen molar-refractivity contribution in [2.75, 3.05) is 13.2 Å². The van der Waals surface area contributed by atoms with Crippen LogP contribution in [0.3, 0.4) is 0 Å². The normalized spacial score (nSPS) is 11.3. The Labute approximate surface area is 330 Å². The molecule has 0 N–H and O–H groups in total. The van der Waals surface area contributed by atoms with Gasteiger partial charge in [0.1, 0.15) is 17.9 Å². The van der Waals surface area contributed by atoms with E-state index in [2.05, 4.69) is 59.6 Å². The van der Waals surface area contributed by atoms with Crippen LogP contribution in [0.4, 0.5) is 0 Å². The van der Waals surface area contributed by atoms with Gasteiger partial charge in [0.2, 0.25) is 11.7 Å². The van der Waals surface area contributed by atoms with Crippen molar-refractivity contribution in [2.24, 2.45) is 0 Å². The molecule has 10 heteroatoms. The van der Waals surface area contributed by atoms with Crippen LogP contribution in [-0.2, 0) is 28.1 Å². The Morgan fingerprint density at radius 1 is 0.667 bits per heavy atom. The number of nitrogens with zero attached hydrogens (tertiary/aromatic N) is 6. The van der Waals surface area contributed by atoms with E-state index >= 15 is 0 Å². The summed E-state index contributed by atoms with van der Waals surface area (Å²) in [7, 11) is 0. The van der Waals surface area contributed by atoms with Crippen molar-refractivity contribution in [1.29, 1.82) is 0 Å². The number of tetrazole rings is 1. The summed E-state index contributed by atoms with van der Waals surface area (Å²) in [5.74, 6) is 0.925. The molecule has 5 aromatic carbocycles. The number of fused-ring (bicyclic) bond motifs is 1. The Hall–Kier alpha value is -7.20. The lowest BCUT2D eigenvalue weighted by Crippen LogP contribution is -2.39. The van der Waals surface area contributed by atoms with Crippen LogP contribution in [0.2, 0.25) is 0 Å². The zero-order valence-electron chi connectivity index (χ0n) is 31.7. The summed E-state index contributed by atoms with van der Waals surface area (Å²) in [6, 6.07) is 52.7. The van der Waals surface area contributed by atoms with Crippen molar-refractivity contribution in [2.45, 2.75) is 32.4 Å². The largest absolute Gasteiger partial charge is 0.486 e. The van der Waals surface area contributed by atoms with E-state index in [0.717, 1.165) is 51.1 Å². The summed E-state index contributed by atoms with van der Waals surface area (Å²) in [4.78, 5) is 22.9. The van der Waals surface area contributed by atoms with Gasteiger partial charge < -0.3 is 14.2 Å². The molecule has 0 aliphatic heterocycles. The zero-order chi connectivity index (χ0) is 39.0. The molecule has 57 heavy (non-hydrogen) atoms. The predicted molar refractivity (Wildman–Crippen MR) is 219 cm³/mol. The van der Waals surface area contributed by atoms with Gasteiger partial charge in [-0.3, -0.25) is 4.98 Å². The van der Waals surface area contributed by atoms with Gasteiger partial charge in [-0.25, -0.2) is 9.78 Å². The maximum Gasteiger partial charge on any atom is 0.344 e. The number of ether oxygens (including phenoxy) is 3. The molecule has 0 radical (unpaired) electrons. The minimum Gasteiger partial charge on any atom is -0.486 e. The lowest BCUT2D eigenvalue weighted by molar-refractivity contribution is -0.145. The van der Waals surface area contributed by atoms with Gasteiger partial charge in [-0.2, -0.15) is 0 Å². The standard InChI is InChI=1S/C47H40N6O4/c1-3-38-30-42(45-41(48-38)28-29-43(49-45)57-32-44(54)55-4-2)56-31-33-24-26-34(27-25-33)39-22-14-15-23-40(39)46-50-52-53(51-46)47(35-16-8-5-9-17-35,36-18-10-6-11-19-36)37-20-12-7-13-21-37/h5-30H,3-4,31-32H2,1-2H3. The molecule has 0 atom stereocenters. The van der Waals surface area contributed by atoms with Crippen molar-refractivity contribution in [3.63, 3.8) is 0 Å². The number of hydrogen-bond donors (Lipinski definition) is 0. The van der Waals surface area contributed by atoms with Gasteiger partial charge in [-0.15, -0.1) is 15.0 Å². The summed E-state index contributed by atoms with van der Waals surface area (Å²) in [6.45, 7) is 4.14. The van der Waals surface area contributed by atoms with E-state index in [1.54, 1.807) is 17.8 Å². The Morgan fingerprint density at radius 3 is 1.89 bits per heavy atom. The van der Waals surface area contributed by atoms with Gasteiger partial charge >= 0.3 is 5.97 Å². The van der Waals surface area contributed by atoms with Gasteiger partial charge in [0.05, 0.1) is 12.1 Å². The van der Waals surface area contributed by atoms with Crippen molar-refractivity contribution >= 4 is 17.0 Å². The van der Waals surface area contributed by atoms with Crippen LogP contribution in [-0.4, -0.2) is 49.4 Å². The molecule has 0 aliphatic rings. The number of esters is 1. The fourth-order valence-corrected chi connectivity index (χ4v) is 7.04. The summed E-state index contributed by atoms with van der Waals surface area (Å²) in [6.07, 6.45) is 0.732. The molecule has 0 amide bonds. The number of rotatable bonds is 14. The van der Waals surface area contributed by atoms with Crippen molar-refractivity contribution in [3.8, 4) is 34.1 Å². The molecule has 0 bridgehead atoms. The number of aromatic nitrogens is 6. The number of hydrogen-bond acceptors (Lipinski definition) is 9. The number of aryl methyl sites for hydroxylation is 1. The molecule has 10 nitrogen and oxygen atoms in total. The van der Waals surface area contributed by atoms with Gasteiger partial charge in [0.25, 0.3) is 0 Å². The van der Waals surface area contributed by atoms with Crippen LogP contribution < -0.4 is 9.47 Å². The quantitative estimate of drug-likeness (QED) is 0.0794. The minimum atomic E-state index is -0.879. The third-order valence-electron chi connectivity index (χ3n) is 9.76. The van der Waals surface area contributed by atoms with E-state index in [9.17, 15) is 4.79 Å². The molecule has 0 fully saturated rings. The predicted octanol–water partition coefficient (Wildman–Crippen LogP) is 8.87.